The lowest BCUT2D eigenvalue weighted by molar-refractivity contribution is -0.144. The van der Waals surface area contributed by atoms with Gasteiger partial charge in [-0.15, -0.1) is 0 Å². The number of fused-ring (bicyclic) bond motifs is 1. The molecule has 44 heavy (non-hydrogen) atoms. The number of phosphoric acid groups is 1. The van der Waals surface area contributed by atoms with Crippen LogP contribution in [-0.2, 0) is 41.8 Å². The number of anilines is 1. The second-order valence-corrected chi connectivity index (χ2v) is 12.2. The molecule has 4 N–H and O–H groups in total. The molecular formula is C24H37FN5O13P. The lowest BCUT2D eigenvalue weighted by atomic mass is 9.79. The highest BCUT2D eigenvalue weighted by Crippen LogP contribution is 2.54. The second kappa shape index (κ2) is 14.3. The summed E-state index contributed by atoms with van der Waals surface area (Å²) in [6.45, 7) is 4.71. The number of hydrogen-bond donors (Lipinski definition) is 3. The summed E-state index contributed by atoms with van der Waals surface area (Å²) in [7, 11) is -4.89. The molecule has 3 rings (SSSR count). The summed E-state index contributed by atoms with van der Waals surface area (Å²) in [5.74, 6) is -0.748. The molecular weight excluding hydrogens is 616 g/mol. The fourth-order valence-electron chi connectivity index (χ4n) is 4.15. The molecule has 0 radical (unpaired) electrons. The first-order valence-corrected chi connectivity index (χ1v) is 14.8. The van der Waals surface area contributed by atoms with E-state index in [-0.39, 0.29) is 17.0 Å². The van der Waals surface area contributed by atoms with Gasteiger partial charge in [0, 0.05) is 0 Å². The fraction of sp³-hybridized carbons (Fsp3) is 0.708. The summed E-state index contributed by atoms with van der Waals surface area (Å²) in [5, 5.41) is 23.1. The minimum Gasteiger partial charge on any atom is -0.432 e. The van der Waals surface area contributed by atoms with Gasteiger partial charge in [0.25, 0.3) is 0 Å². The van der Waals surface area contributed by atoms with Crippen LogP contribution in [0.25, 0.3) is 11.2 Å². The van der Waals surface area contributed by atoms with E-state index in [0.29, 0.717) is 0 Å². The van der Waals surface area contributed by atoms with Crippen molar-refractivity contribution < 1.29 is 66.0 Å². The van der Waals surface area contributed by atoms with Crippen molar-refractivity contribution in [3.05, 3.63) is 12.7 Å². The van der Waals surface area contributed by atoms with E-state index in [4.69, 9.17) is 33.5 Å². The van der Waals surface area contributed by atoms with E-state index >= 15 is 0 Å². The van der Waals surface area contributed by atoms with Crippen LogP contribution in [0.2, 0.25) is 0 Å². The van der Waals surface area contributed by atoms with Gasteiger partial charge in [0.1, 0.15) is 30.2 Å². The lowest BCUT2D eigenvalue weighted by Crippen LogP contribution is -2.56. The Morgan fingerprint density at radius 3 is 2.11 bits per heavy atom. The number of aliphatic hydroxyl groups excluding tert-OH is 1. The highest BCUT2D eigenvalue weighted by Gasteiger charge is 2.66. The molecule has 0 unspecified atom stereocenters. The maximum absolute atomic E-state index is 14.8. The number of alkyl halides is 1. The van der Waals surface area contributed by atoms with Gasteiger partial charge in [0.2, 0.25) is 13.6 Å². The van der Waals surface area contributed by atoms with Gasteiger partial charge in [-0.05, 0) is 33.6 Å². The quantitative estimate of drug-likeness (QED) is 0.151. The summed E-state index contributed by atoms with van der Waals surface area (Å²) >= 11 is 0. The first-order chi connectivity index (χ1) is 20.6. The Morgan fingerprint density at radius 2 is 1.61 bits per heavy atom. The van der Waals surface area contributed by atoms with E-state index in [1.54, 1.807) is 41.5 Å². The van der Waals surface area contributed by atoms with E-state index < -0.39 is 88.7 Å². The van der Waals surface area contributed by atoms with Gasteiger partial charge in [0.15, 0.2) is 23.3 Å². The number of ether oxygens (including phenoxy) is 5. The number of nitrogens with two attached hydrogens (primary N) is 1. The predicted molar refractivity (Wildman–Crippen MR) is 145 cm³/mol. The first-order valence-electron chi connectivity index (χ1n) is 13.4. The van der Waals surface area contributed by atoms with Crippen molar-refractivity contribution in [3.63, 3.8) is 0 Å². The van der Waals surface area contributed by atoms with E-state index in [2.05, 4.69) is 24.4 Å². The van der Waals surface area contributed by atoms with Crippen molar-refractivity contribution in [2.45, 2.75) is 77.3 Å². The Labute approximate surface area is 251 Å². The van der Waals surface area contributed by atoms with Crippen LogP contribution in [0.1, 0.15) is 47.8 Å². The highest BCUT2D eigenvalue weighted by atomic mass is 31.2. The average molecular weight is 654 g/mol. The largest absolute Gasteiger partial charge is 0.510 e. The average Bonchev–Trinajstić information content (AvgIpc) is 3.46. The van der Waals surface area contributed by atoms with Crippen LogP contribution in [0, 0.1) is 5.92 Å². The molecule has 0 aromatic carbocycles. The summed E-state index contributed by atoms with van der Waals surface area (Å²) in [5.41, 5.74) is 1.56. The van der Waals surface area contributed by atoms with Crippen LogP contribution >= 0.6 is 7.82 Å². The maximum atomic E-state index is 14.8. The minimum atomic E-state index is -4.89. The number of phosphoric ester groups is 1. The Balaban J connectivity index is 1.86. The van der Waals surface area contributed by atoms with Gasteiger partial charge in [-0.3, -0.25) is 9.09 Å². The second-order valence-electron chi connectivity index (χ2n) is 10.5. The predicted octanol–water partition coefficient (Wildman–Crippen LogP) is 2.59. The standard InChI is InChI=1S/C24H37FN5O13P/c1-13(2)24(34)19(31)23(7-25,43-20(24)30-10-29-16-17(26)27-9-28-18(16)30)8-38-44(35,39-11-36-21(32)41-14(3)4)40-12-37-22(33)42-15(5)6/h9-10,13-15,19-20,31,34H,7-8,11-12H2,1-6H3,(H2,26,27,28)/t19-,20-,23-,24-/m1/s1. The Kier molecular flexibility index (Phi) is 11.4. The van der Waals surface area contributed by atoms with Crippen molar-refractivity contribution in [2.24, 2.45) is 5.92 Å². The molecule has 1 saturated heterocycles. The number of carbonyl (C=O) groups excluding carboxylic acids is 2. The molecule has 0 saturated carbocycles. The van der Waals surface area contributed by atoms with E-state index in [1.165, 1.54) is 10.9 Å². The van der Waals surface area contributed by atoms with E-state index in [1.807, 2.05) is 0 Å². The van der Waals surface area contributed by atoms with Crippen LogP contribution < -0.4 is 5.73 Å². The third-order valence-electron chi connectivity index (χ3n) is 6.38. The molecule has 4 atom stereocenters. The molecule has 1 fully saturated rings. The number of imidazole rings is 1. The number of nitrogens with zero attached hydrogens (tertiary/aromatic N) is 4. The number of rotatable bonds is 14. The number of hydrogen-bond acceptors (Lipinski definition) is 17. The Bertz CT molecular complexity index is 1310. The molecule has 2 aromatic heterocycles. The Hall–Kier alpha value is -3.19. The zero-order valence-electron chi connectivity index (χ0n) is 24.9. The molecule has 20 heteroatoms. The monoisotopic (exact) mass is 653 g/mol. The van der Waals surface area contributed by atoms with Gasteiger partial charge < -0.3 is 39.6 Å². The molecule has 0 amide bonds. The van der Waals surface area contributed by atoms with Crippen LogP contribution in [0.4, 0.5) is 19.8 Å². The molecule has 3 heterocycles. The highest BCUT2D eigenvalue weighted by molar-refractivity contribution is 7.48. The van der Waals surface area contributed by atoms with Crippen molar-refractivity contribution in [2.75, 3.05) is 32.6 Å². The normalized spacial score (nSPS) is 23.9. The summed E-state index contributed by atoms with van der Waals surface area (Å²) in [4.78, 5) is 35.5. The number of carbonyl (C=O) groups is 2. The van der Waals surface area contributed by atoms with Gasteiger partial charge in [-0.25, -0.2) is 42.5 Å². The number of aromatic nitrogens is 4. The zero-order valence-corrected chi connectivity index (χ0v) is 25.8. The first kappa shape index (κ1) is 35.3. The van der Waals surface area contributed by atoms with Crippen molar-refractivity contribution in [1.82, 2.24) is 19.5 Å². The van der Waals surface area contributed by atoms with E-state index in [0.717, 1.165) is 6.33 Å². The third kappa shape index (κ3) is 7.71. The van der Waals surface area contributed by atoms with Crippen molar-refractivity contribution >= 4 is 37.1 Å². The van der Waals surface area contributed by atoms with E-state index in [9.17, 15) is 28.8 Å². The van der Waals surface area contributed by atoms with Gasteiger partial charge >= 0.3 is 20.1 Å². The molecule has 0 bridgehead atoms. The molecule has 2 aromatic rings. The molecule has 1 aliphatic rings. The topological polar surface area (TPSA) is 235 Å². The molecule has 0 aliphatic carbocycles. The molecule has 248 valence electrons. The van der Waals surface area contributed by atoms with Crippen molar-refractivity contribution in [3.8, 4) is 0 Å². The van der Waals surface area contributed by atoms with Crippen LogP contribution in [0.3, 0.4) is 0 Å². The molecule has 1 aliphatic heterocycles. The zero-order chi connectivity index (χ0) is 32.9. The van der Waals surface area contributed by atoms with Crippen LogP contribution in [-0.4, -0.2) is 98.4 Å². The fourth-order valence-corrected chi connectivity index (χ4v) is 5.11. The lowest BCUT2D eigenvalue weighted by Gasteiger charge is -2.36. The summed E-state index contributed by atoms with van der Waals surface area (Å²) in [6, 6.07) is 0. The van der Waals surface area contributed by atoms with Crippen molar-refractivity contribution in [1.29, 1.82) is 0 Å². The number of nitrogen functional groups attached to an aromatic ring is 1. The molecule has 18 nitrogen and oxygen atoms in total. The third-order valence-corrected chi connectivity index (χ3v) is 7.66. The van der Waals surface area contributed by atoms with Crippen LogP contribution in [0.5, 0.6) is 0 Å². The number of aliphatic hydroxyl groups is 2. The molecule has 0 spiro atoms. The smallest absolute Gasteiger partial charge is 0.432 e. The minimum absolute atomic E-state index is 0.0229. The van der Waals surface area contributed by atoms with Crippen LogP contribution in [0.15, 0.2) is 12.7 Å². The summed E-state index contributed by atoms with van der Waals surface area (Å²) < 4.78 is 69.7. The maximum Gasteiger partial charge on any atom is 0.510 e. The van der Waals surface area contributed by atoms with Gasteiger partial charge in [-0.2, -0.15) is 0 Å². The number of halogens is 1. The SMILES string of the molecule is CC(C)OC(=O)OCOP(=O)(OCOC(=O)OC(C)C)OC[C@@]1(CF)O[C@@H](n2cnc3c(N)ncnc32)[C@@](O)(C(C)C)[C@@H]1O. The Morgan fingerprint density at radius 1 is 1.05 bits per heavy atom. The van der Waals surface area contributed by atoms with Gasteiger partial charge in [-0.1, -0.05) is 13.8 Å². The summed E-state index contributed by atoms with van der Waals surface area (Å²) in [6.07, 6.45) is -4.62. The van der Waals surface area contributed by atoms with Gasteiger partial charge in [0.05, 0.1) is 25.1 Å².